The summed E-state index contributed by atoms with van der Waals surface area (Å²) in [5, 5.41) is 14.8. The normalized spacial score (nSPS) is 11.6. The third-order valence-corrected chi connectivity index (χ3v) is 5.75. The van der Waals surface area contributed by atoms with E-state index >= 15 is 0 Å². The van der Waals surface area contributed by atoms with Crippen molar-refractivity contribution in [2.75, 3.05) is 5.75 Å². The first-order valence-corrected chi connectivity index (χ1v) is 10.8. The van der Waals surface area contributed by atoms with Gasteiger partial charge in [-0.2, -0.15) is 5.10 Å². The van der Waals surface area contributed by atoms with Gasteiger partial charge in [-0.05, 0) is 36.8 Å². The van der Waals surface area contributed by atoms with Crippen LogP contribution in [0.3, 0.4) is 0 Å². The lowest BCUT2D eigenvalue weighted by Gasteiger charge is -2.09. The minimum atomic E-state index is -0.238. The first kappa shape index (κ1) is 20.7. The second-order valence-electron chi connectivity index (χ2n) is 6.99. The highest BCUT2D eigenvalue weighted by molar-refractivity contribution is 7.99. The summed E-state index contributed by atoms with van der Waals surface area (Å²) in [6.07, 6.45) is 0. The van der Waals surface area contributed by atoms with Crippen LogP contribution in [-0.2, 0) is 11.3 Å². The Morgan fingerprint density at radius 1 is 1.03 bits per heavy atom. The predicted molar refractivity (Wildman–Crippen MR) is 124 cm³/mol. The third-order valence-electron chi connectivity index (χ3n) is 4.78. The maximum absolute atomic E-state index is 12.4. The van der Waals surface area contributed by atoms with E-state index in [4.69, 9.17) is 4.98 Å². The average Bonchev–Trinajstić information content (AvgIpc) is 3.14. The first-order valence-electron chi connectivity index (χ1n) is 9.85. The highest BCUT2D eigenvalue weighted by atomic mass is 32.2. The minimum absolute atomic E-state index is 0.127. The molecule has 156 valence electrons. The molecule has 0 saturated heterocycles. The van der Waals surface area contributed by atoms with Gasteiger partial charge in [-0.25, -0.2) is 10.4 Å². The second kappa shape index (κ2) is 9.49. The number of benzene rings is 3. The highest BCUT2D eigenvalue weighted by Gasteiger charge is 2.13. The number of nitrogens with one attached hydrogen (secondary N) is 1. The van der Waals surface area contributed by atoms with Crippen molar-refractivity contribution in [3.63, 3.8) is 0 Å². The number of hydrazone groups is 1. The van der Waals surface area contributed by atoms with E-state index in [-0.39, 0.29) is 17.4 Å². The quantitative estimate of drug-likeness (QED) is 0.258. The molecule has 0 unspecified atom stereocenters. The number of amides is 1. The van der Waals surface area contributed by atoms with Gasteiger partial charge in [0.2, 0.25) is 0 Å². The van der Waals surface area contributed by atoms with E-state index in [0.29, 0.717) is 17.8 Å². The van der Waals surface area contributed by atoms with Gasteiger partial charge in [-0.1, -0.05) is 66.4 Å². The SMILES string of the molecule is C/C(=N/NC(=O)CSc1nc2ccccc2n1Cc1ccccc1)c1ccccc1O. The van der Waals surface area contributed by atoms with Gasteiger partial charge in [0, 0.05) is 5.56 Å². The topological polar surface area (TPSA) is 79.5 Å². The van der Waals surface area contributed by atoms with Crippen molar-refractivity contribution in [1.82, 2.24) is 15.0 Å². The molecule has 7 heteroatoms. The number of phenols is 1. The largest absolute Gasteiger partial charge is 0.507 e. The van der Waals surface area contributed by atoms with Gasteiger partial charge in [0.15, 0.2) is 5.16 Å². The summed E-state index contributed by atoms with van der Waals surface area (Å²) in [7, 11) is 0. The lowest BCUT2D eigenvalue weighted by Crippen LogP contribution is -2.21. The lowest BCUT2D eigenvalue weighted by atomic mass is 10.1. The zero-order valence-corrected chi connectivity index (χ0v) is 17.8. The number of hydrogen-bond donors (Lipinski definition) is 2. The van der Waals surface area contributed by atoms with Crippen LogP contribution in [0.15, 0.2) is 89.1 Å². The van der Waals surface area contributed by atoms with Crippen molar-refractivity contribution in [2.45, 2.75) is 18.6 Å². The van der Waals surface area contributed by atoms with Gasteiger partial charge < -0.3 is 9.67 Å². The molecule has 31 heavy (non-hydrogen) atoms. The van der Waals surface area contributed by atoms with E-state index in [1.807, 2.05) is 48.5 Å². The molecule has 0 radical (unpaired) electrons. The Bertz CT molecular complexity index is 1230. The van der Waals surface area contributed by atoms with Crippen LogP contribution < -0.4 is 5.43 Å². The van der Waals surface area contributed by atoms with E-state index < -0.39 is 0 Å². The van der Waals surface area contributed by atoms with E-state index in [0.717, 1.165) is 16.2 Å². The summed E-state index contributed by atoms with van der Waals surface area (Å²) in [5.41, 5.74) is 6.77. The van der Waals surface area contributed by atoms with Gasteiger partial charge in [0.05, 0.1) is 29.0 Å². The summed E-state index contributed by atoms with van der Waals surface area (Å²) < 4.78 is 2.12. The smallest absolute Gasteiger partial charge is 0.250 e. The highest BCUT2D eigenvalue weighted by Crippen LogP contribution is 2.25. The molecule has 0 aliphatic rings. The average molecular weight is 431 g/mol. The molecule has 0 saturated carbocycles. The molecular weight excluding hydrogens is 408 g/mol. The van der Waals surface area contributed by atoms with E-state index in [1.54, 1.807) is 25.1 Å². The Balaban J connectivity index is 1.47. The minimum Gasteiger partial charge on any atom is -0.507 e. The Labute approximate surface area is 184 Å². The fraction of sp³-hybridized carbons (Fsp3) is 0.125. The Morgan fingerprint density at radius 2 is 1.74 bits per heavy atom. The molecule has 6 nitrogen and oxygen atoms in total. The monoisotopic (exact) mass is 430 g/mol. The van der Waals surface area contributed by atoms with Crippen LogP contribution in [0.2, 0.25) is 0 Å². The summed E-state index contributed by atoms with van der Waals surface area (Å²) in [5.74, 6) is 0.0652. The number of para-hydroxylation sites is 3. The first-order chi connectivity index (χ1) is 15.1. The molecule has 1 amide bonds. The number of carbonyl (C=O) groups is 1. The van der Waals surface area contributed by atoms with Crippen LogP contribution >= 0.6 is 11.8 Å². The van der Waals surface area contributed by atoms with E-state index in [2.05, 4.69) is 27.2 Å². The molecule has 4 rings (SSSR count). The fourth-order valence-corrected chi connectivity index (χ4v) is 4.04. The molecule has 3 aromatic carbocycles. The predicted octanol–water partition coefficient (Wildman–Crippen LogP) is 4.42. The molecule has 0 atom stereocenters. The Morgan fingerprint density at radius 3 is 2.55 bits per heavy atom. The van der Waals surface area contributed by atoms with Crippen molar-refractivity contribution in [3.8, 4) is 5.75 Å². The molecule has 0 fully saturated rings. The number of aromatic hydroxyl groups is 1. The number of nitrogens with zero attached hydrogens (tertiary/aromatic N) is 3. The van der Waals surface area contributed by atoms with E-state index in [1.165, 1.54) is 17.3 Å². The number of fused-ring (bicyclic) bond motifs is 1. The molecule has 2 N–H and O–H groups in total. The van der Waals surface area contributed by atoms with Gasteiger partial charge in [-0.3, -0.25) is 4.79 Å². The number of aromatic nitrogens is 2. The van der Waals surface area contributed by atoms with Crippen molar-refractivity contribution in [3.05, 3.63) is 90.0 Å². The third kappa shape index (κ3) is 4.95. The Hall–Kier alpha value is -3.58. The van der Waals surface area contributed by atoms with Gasteiger partial charge in [-0.15, -0.1) is 0 Å². The molecule has 1 heterocycles. The van der Waals surface area contributed by atoms with Crippen LogP contribution in [0.4, 0.5) is 0 Å². The summed E-state index contributed by atoms with van der Waals surface area (Å²) in [6.45, 7) is 2.41. The van der Waals surface area contributed by atoms with Crippen LogP contribution in [0.25, 0.3) is 11.0 Å². The summed E-state index contributed by atoms with van der Waals surface area (Å²) in [6, 6.07) is 25.0. The van der Waals surface area contributed by atoms with Gasteiger partial charge in [0.1, 0.15) is 5.75 Å². The van der Waals surface area contributed by atoms with Crippen LogP contribution in [-0.4, -0.2) is 32.0 Å². The molecule has 0 aliphatic heterocycles. The van der Waals surface area contributed by atoms with Crippen LogP contribution in [0.5, 0.6) is 5.75 Å². The van der Waals surface area contributed by atoms with Crippen LogP contribution in [0, 0.1) is 0 Å². The molecule has 0 spiro atoms. The second-order valence-corrected chi connectivity index (χ2v) is 7.94. The zero-order valence-electron chi connectivity index (χ0n) is 17.0. The molecule has 4 aromatic rings. The van der Waals surface area contributed by atoms with Crippen LogP contribution in [0.1, 0.15) is 18.1 Å². The fourth-order valence-electron chi connectivity index (χ4n) is 3.23. The lowest BCUT2D eigenvalue weighted by molar-refractivity contribution is -0.118. The molecule has 0 aliphatic carbocycles. The molecule has 1 aromatic heterocycles. The Kier molecular flexibility index (Phi) is 6.33. The number of carbonyl (C=O) groups excluding carboxylic acids is 1. The summed E-state index contributed by atoms with van der Waals surface area (Å²) >= 11 is 1.37. The summed E-state index contributed by atoms with van der Waals surface area (Å²) in [4.78, 5) is 17.1. The van der Waals surface area contributed by atoms with Gasteiger partial charge >= 0.3 is 0 Å². The van der Waals surface area contributed by atoms with Crippen molar-refractivity contribution in [1.29, 1.82) is 0 Å². The van der Waals surface area contributed by atoms with Crippen molar-refractivity contribution < 1.29 is 9.90 Å². The number of imidazole rings is 1. The number of rotatable bonds is 7. The maximum Gasteiger partial charge on any atom is 0.250 e. The molecule has 0 bridgehead atoms. The van der Waals surface area contributed by atoms with Gasteiger partial charge in [0.25, 0.3) is 5.91 Å². The standard InChI is InChI=1S/C24H22N4O2S/c1-17(19-11-5-8-14-22(19)29)26-27-23(30)16-31-24-25-20-12-6-7-13-21(20)28(24)15-18-9-3-2-4-10-18/h2-14,29H,15-16H2,1H3,(H,27,30)/b26-17-. The number of thioether (sulfide) groups is 1. The zero-order chi connectivity index (χ0) is 21.6. The number of phenolic OH excluding ortho intramolecular Hbond substituents is 1. The van der Waals surface area contributed by atoms with Crippen molar-refractivity contribution in [2.24, 2.45) is 5.10 Å². The molecular formula is C24H22N4O2S. The maximum atomic E-state index is 12.4. The van der Waals surface area contributed by atoms with Crippen molar-refractivity contribution >= 4 is 34.4 Å². The number of hydrogen-bond acceptors (Lipinski definition) is 5. The van der Waals surface area contributed by atoms with E-state index in [9.17, 15) is 9.90 Å².